The normalized spacial score (nSPS) is 6.25. The molecule has 0 aliphatic carbocycles. The van der Waals surface area contributed by atoms with E-state index in [1.807, 2.05) is 8.78 Å². The molecular weight excluding hydrogens is 181 g/mol. The van der Waals surface area contributed by atoms with Gasteiger partial charge in [-0.1, -0.05) is 0 Å². The molecule has 0 fully saturated rings. The summed E-state index contributed by atoms with van der Waals surface area (Å²) >= 11 is 2.27. The van der Waals surface area contributed by atoms with Gasteiger partial charge >= 0.3 is 0 Å². The Morgan fingerprint density at radius 2 is 2.25 bits per heavy atom. The zero-order chi connectivity index (χ0) is 3.41. The predicted molar refractivity (Wildman–Crippen MR) is 37.3 cm³/mol. The van der Waals surface area contributed by atoms with Crippen LogP contribution in [0.15, 0.2) is 0 Å². The van der Waals surface area contributed by atoms with Crippen molar-refractivity contribution >= 4 is 44.2 Å². The zero-order valence-corrected chi connectivity index (χ0v) is 5.47. The van der Waals surface area contributed by atoms with E-state index < -0.39 is 0 Å². The van der Waals surface area contributed by atoms with E-state index in [1.54, 1.807) is 0 Å². The highest BCUT2D eigenvalue weighted by Crippen LogP contribution is 2.03. The molecule has 4 heteroatoms. The average Bonchev–Trinajstić information content (AvgIpc) is 1.37. The van der Waals surface area contributed by atoms with E-state index in [1.165, 1.54) is 6.45 Å². The van der Waals surface area contributed by atoms with Crippen LogP contribution in [0, 0.1) is 0 Å². The zero-order valence-electron chi connectivity index (χ0n) is 2.49. The molecule has 0 atom stereocenters. The molecule has 0 aromatic heterocycles. The summed E-state index contributed by atoms with van der Waals surface area (Å²) in [7, 11) is 3.96. The molecule has 0 heterocycles. The van der Waals surface area contributed by atoms with Crippen LogP contribution in [0.2, 0.25) is 0 Å². The van der Waals surface area contributed by atoms with Crippen molar-refractivity contribution in [2.24, 2.45) is 0 Å². The van der Waals surface area contributed by atoms with Gasteiger partial charge in [-0.05, 0) is 21.2 Å². The van der Waals surface area contributed by atoms with E-state index in [9.17, 15) is 0 Å². The molecule has 0 aliphatic rings. The van der Waals surface area contributed by atoms with Crippen LogP contribution in [0.25, 0.3) is 0 Å². The maximum atomic E-state index is 2.27. The Balaban J connectivity index is 1.97. The lowest BCUT2D eigenvalue weighted by atomic mass is 9.79. The van der Waals surface area contributed by atoms with Gasteiger partial charge in [0.25, 0.3) is 0 Å². The van der Waals surface area contributed by atoms with Gasteiger partial charge in [0, 0.05) is 0 Å². The molecule has 22 valence electrons. The fourth-order valence-electron chi connectivity index (χ4n) is 0. The second-order valence-corrected chi connectivity index (χ2v) is 3.06. The van der Waals surface area contributed by atoms with Crippen LogP contribution < -0.4 is 0 Å². The van der Waals surface area contributed by atoms with E-state index in [0.29, 0.717) is 0 Å². The minimum absolute atomic E-state index is 1.22. The second kappa shape index (κ2) is 4.21. The van der Waals surface area contributed by atoms with Crippen molar-refractivity contribution in [3.63, 3.8) is 0 Å². The molecule has 4 heavy (non-hydrogen) atoms. The maximum Gasteiger partial charge on any atom is 0.165 e. The van der Waals surface area contributed by atoms with E-state index >= 15 is 0 Å². The Labute approximate surface area is 44.2 Å². The first kappa shape index (κ1) is 5.21. The van der Waals surface area contributed by atoms with Crippen molar-refractivity contribution in [2.45, 2.75) is 0 Å². The summed E-state index contributed by atoms with van der Waals surface area (Å²) in [5, 5.41) is 0. The number of hydrogen-bond donors (Lipinski definition) is 0. The maximum absolute atomic E-state index is 2.27. The summed E-state index contributed by atoms with van der Waals surface area (Å²) in [6.45, 7) is 0. The fourth-order valence-corrected chi connectivity index (χ4v) is 0. The summed E-state index contributed by atoms with van der Waals surface area (Å²) in [6.07, 6.45) is 1.22. The topological polar surface area (TPSA) is 0 Å². The molecule has 0 saturated heterocycles. The van der Waals surface area contributed by atoms with Crippen LogP contribution >= 0.6 is 30.0 Å². The average molecular weight is 184 g/mol. The molecule has 0 aromatic rings. The lowest BCUT2D eigenvalue weighted by Gasteiger charge is -1.62. The molecule has 0 aromatic carbocycles. The van der Waals surface area contributed by atoms with Gasteiger partial charge in [-0.2, -0.15) is 8.78 Å². The molecule has 0 bridgehead atoms. The van der Waals surface area contributed by atoms with Gasteiger partial charge in [-0.15, -0.1) is 0 Å². The minimum Gasteiger partial charge on any atom is -0.156 e. The fraction of sp³-hybridized carbons (Fsp3) is 0. The van der Waals surface area contributed by atoms with Gasteiger partial charge in [0.05, 0.1) is 7.74 Å². The lowest BCUT2D eigenvalue weighted by Crippen LogP contribution is -1.67. The third-order valence-corrected chi connectivity index (χ3v) is 2.20. The van der Waals surface area contributed by atoms with Gasteiger partial charge in [0.1, 0.15) is 0 Å². The first-order valence-corrected chi connectivity index (χ1v) is 4.68. The molecule has 0 radical (unpaired) electrons. The first-order chi connectivity index (χ1) is 1.91. The van der Waals surface area contributed by atoms with Gasteiger partial charge in [0.2, 0.25) is 0 Å². The summed E-state index contributed by atoms with van der Waals surface area (Å²) in [5.41, 5.74) is 0. The molecule has 0 nitrogen and oxygen atoms in total. The number of hydrogen-bond acceptors (Lipinski definition) is 1. The van der Waals surface area contributed by atoms with Crippen LogP contribution in [-0.2, 0) is 0 Å². The van der Waals surface area contributed by atoms with Crippen molar-refractivity contribution in [1.29, 1.82) is 0 Å². The molecule has 0 spiro atoms. The first-order valence-electron chi connectivity index (χ1n) is 1.15. The van der Waals surface area contributed by atoms with Crippen LogP contribution in [0.3, 0.4) is 0 Å². The van der Waals surface area contributed by atoms with Crippen molar-refractivity contribution in [3.05, 3.63) is 0 Å². The smallest absolute Gasteiger partial charge is 0.156 e. The lowest BCUT2D eigenvalue weighted by molar-refractivity contribution is 4.57. The van der Waals surface area contributed by atoms with Crippen LogP contribution in [-0.4, -0.2) is 14.2 Å². The van der Waals surface area contributed by atoms with Crippen molar-refractivity contribution in [3.8, 4) is 0 Å². The van der Waals surface area contributed by atoms with Gasteiger partial charge in [-0.3, -0.25) is 0 Å². The Hall–Kier alpha value is 1.21. The standard InChI is InChI=1S/B2H3IS/c1-2-4-3/h2H,1H2. The van der Waals surface area contributed by atoms with E-state index in [-0.39, 0.29) is 0 Å². The summed E-state index contributed by atoms with van der Waals surface area (Å²) < 4.78 is 0. The Kier molecular flexibility index (Phi) is 5.48. The van der Waals surface area contributed by atoms with E-state index in [2.05, 4.69) is 28.9 Å². The highest BCUT2D eigenvalue weighted by atomic mass is 127. The monoisotopic (exact) mass is 184 g/mol. The molecule has 0 unspecified atom stereocenters. The second-order valence-electron chi connectivity index (χ2n) is 0.398. The highest BCUT2D eigenvalue weighted by Gasteiger charge is 1.64. The predicted octanol–water partition coefficient (Wildman–Crippen LogP) is -0.0308. The van der Waals surface area contributed by atoms with E-state index in [4.69, 9.17) is 0 Å². The Morgan fingerprint density at radius 1 is 2.00 bits per heavy atom. The SMILES string of the molecule is BBSI. The van der Waals surface area contributed by atoms with Crippen LogP contribution in [0.5, 0.6) is 0 Å². The van der Waals surface area contributed by atoms with Gasteiger partial charge in [0.15, 0.2) is 6.45 Å². The minimum atomic E-state index is 1.22. The third-order valence-electron chi connectivity index (χ3n) is 0.109. The molecular formula is H3B2IS. The third kappa shape index (κ3) is 3.21. The van der Waals surface area contributed by atoms with Gasteiger partial charge < -0.3 is 0 Å². The van der Waals surface area contributed by atoms with Crippen LogP contribution in [0.1, 0.15) is 0 Å². The Morgan fingerprint density at radius 3 is 2.25 bits per heavy atom. The van der Waals surface area contributed by atoms with Gasteiger partial charge in [-0.25, -0.2) is 0 Å². The highest BCUT2D eigenvalue weighted by molar-refractivity contribution is 14.2. The molecule has 0 amide bonds. The number of rotatable bonds is 1. The van der Waals surface area contributed by atoms with Crippen molar-refractivity contribution < 1.29 is 0 Å². The van der Waals surface area contributed by atoms with Crippen LogP contribution in [0.4, 0.5) is 0 Å². The van der Waals surface area contributed by atoms with E-state index in [0.717, 1.165) is 0 Å². The quantitative estimate of drug-likeness (QED) is 0.407. The van der Waals surface area contributed by atoms with Crippen molar-refractivity contribution in [2.75, 3.05) is 0 Å². The Bertz CT molecular complexity index is 8.00. The molecule has 0 aliphatic heterocycles. The summed E-state index contributed by atoms with van der Waals surface area (Å²) in [4.78, 5) is 0. The molecule has 0 rings (SSSR count). The van der Waals surface area contributed by atoms with Crippen molar-refractivity contribution in [1.82, 2.24) is 0 Å². The molecule has 0 N–H and O–H groups in total. The largest absolute Gasteiger partial charge is 0.165 e. The molecule has 0 saturated carbocycles. The summed E-state index contributed by atoms with van der Waals surface area (Å²) in [5.74, 6) is 0. The number of halogens is 1. The summed E-state index contributed by atoms with van der Waals surface area (Å²) in [6, 6.07) is 0.